The molecule has 0 heterocycles. The summed E-state index contributed by atoms with van der Waals surface area (Å²) in [6, 6.07) is 3.79. The first-order valence-corrected chi connectivity index (χ1v) is 11.9. The summed E-state index contributed by atoms with van der Waals surface area (Å²) < 4.78 is 31.9. The van der Waals surface area contributed by atoms with Crippen molar-refractivity contribution in [1.82, 2.24) is 0 Å². The fourth-order valence-electron chi connectivity index (χ4n) is 3.04. The van der Waals surface area contributed by atoms with Gasteiger partial charge in [0, 0.05) is 19.3 Å². The highest BCUT2D eigenvalue weighted by Crippen LogP contribution is 2.19. The molecule has 0 fully saturated rings. The van der Waals surface area contributed by atoms with E-state index in [1.807, 2.05) is 20.8 Å². The van der Waals surface area contributed by atoms with Crippen molar-refractivity contribution in [3.05, 3.63) is 73.4 Å². The van der Waals surface area contributed by atoms with Gasteiger partial charge < -0.3 is 28.4 Å². The van der Waals surface area contributed by atoms with Gasteiger partial charge in [-0.2, -0.15) is 0 Å². The summed E-state index contributed by atoms with van der Waals surface area (Å²) in [6.07, 6.45) is 4.18. The van der Waals surface area contributed by atoms with E-state index in [2.05, 4.69) is 19.7 Å². The molecule has 0 aliphatic carbocycles. The third-order valence-corrected chi connectivity index (χ3v) is 4.67. The minimum atomic E-state index is -0.879. The molecule has 3 unspecified atom stereocenters. The Morgan fingerprint density at radius 1 is 0.611 bits per heavy atom. The van der Waals surface area contributed by atoms with Crippen LogP contribution < -0.4 is 0 Å². The minimum Gasteiger partial charge on any atom is -0.463 e. The average Bonchev–Trinajstić information content (AvgIpc) is 2.84. The summed E-state index contributed by atoms with van der Waals surface area (Å²) in [5, 5.41) is 0. The molecule has 0 amide bonds. The third-order valence-electron chi connectivity index (χ3n) is 4.67. The predicted molar refractivity (Wildman–Crippen MR) is 133 cm³/mol. The molecule has 0 N–H and O–H groups in total. The van der Waals surface area contributed by atoms with Crippen molar-refractivity contribution >= 4 is 17.9 Å². The molecule has 0 saturated heterocycles. The maximum absolute atomic E-state index is 12.9. The van der Waals surface area contributed by atoms with Crippen LogP contribution >= 0.6 is 0 Å². The van der Waals surface area contributed by atoms with Crippen LogP contribution in [0.25, 0.3) is 0 Å². The minimum absolute atomic E-state index is 0.0708. The second-order valence-electron chi connectivity index (χ2n) is 7.58. The van der Waals surface area contributed by atoms with Crippen LogP contribution in [0.3, 0.4) is 0 Å². The molecule has 1 aromatic rings. The molecule has 0 spiro atoms. The smallest absolute Gasteiger partial charge is 0.341 e. The molecule has 36 heavy (non-hydrogen) atoms. The van der Waals surface area contributed by atoms with Crippen molar-refractivity contribution in [2.45, 2.75) is 78.2 Å². The van der Waals surface area contributed by atoms with E-state index in [1.165, 1.54) is 37.0 Å². The lowest BCUT2D eigenvalue weighted by Crippen LogP contribution is -2.23. The van der Waals surface area contributed by atoms with Gasteiger partial charge in [-0.15, -0.1) is 0 Å². The Kier molecular flexibility index (Phi) is 14.1. The highest BCUT2D eigenvalue weighted by molar-refractivity contribution is 6.00. The maximum Gasteiger partial charge on any atom is 0.341 e. The number of hydrogen-bond donors (Lipinski definition) is 0. The van der Waals surface area contributed by atoms with E-state index in [0.717, 1.165) is 0 Å². The lowest BCUT2D eigenvalue weighted by molar-refractivity contribution is -0.0761. The van der Waals surface area contributed by atoms with E-state index in [9.17, 15) is 14.4 Å². The van der Waals surface area contributed by atoms with Crippen molar-refractivity contribution in [3.8, 4) is 0 Å². The Morgan fingerprint density at radius 3 is 1.06 bits per heavy atom. The van der Waals surface area contributed by atoms with Crippen molar-refractivity contribution in [2.75, 3.05) is 0 Å². The lowest BCUT2D eigenvalue weighted by Gasteiger charge is -2.19. The summed E-state index contributed by atoms with van der Waals surface area (Å²) in [5.41, 5.74) is -0.212. The van der Waals surface area contributed by atoms with Crippen molar-refractivity contribution in [1.29, 1.82) is 0 Å². The molecule has 9 heteroatoms. The average molecular weight is 505 g/mol. The van der Waals surface area contributed by atoms with Crippen LogP contribution in [0.5, 0.6) is 0 Å². The van der Waals surface area contributed by atoms with E-state index < -0.39 is 36.8 Å². The van der Waals surface area contributed by atoms with E-state index in [0.29, 0.717) is 38.5 Å². The summed E-state index contributed by atoms with van der Waals surface area (Å²) >= 11 is 0. The molecule has 0 aromatic heterocycles. The van der Waals surface area contributed by atoms with Gasteiger partial charge in [0.1, 0.15) is 0 Å². The number of esters is 3. The van der Waals surface area contributed by atoms with Crippen molar-refractivity contribution in [2.24, 2.45) is 0 Å². The van der Waals surface area contributed by atoms with Crippen LogP contribution in [-0.2, 0) is 28.4 Å². The van der Waals surface area contributed by atoms with Gasteiger partial charge in [-0.1, -0.05) is 40.5 Å². The van der Waals surface area contributed by atoms with Crippen molar-refractivity contribution in [3.63, 3.8) is 0 Å². The van der Waals surface area contributed by atoms with E-state index >= 15 is 0 Å². The summed E-state index contributed by atoms with van der Waals surface area (Å²) in [6.45, 7) is 16.1. The van der Waals surface area contributed by atoms with Gasteiger partial charge in [0.05, 0.1) is 35.5 Å². The number of hydrogen-bond acceptors (Lipinski definition) is 9. The van der Waals surface area contributed by atoms with Gasteiger partial charge in [0.15, 0.2) is 0 Å². The summed E-state index contributed by atoms with van der Waals surface area (Å²) in [7, 11) is 0. The van der Waals surface area contributed by atoms with E-state index in [-0.39, 0.29) is 16.7 Å². The number of benzene rings is 1. The van der Waals surface area contributed by atoms with Gasteiger partial charge >= 0.3 is 17.9 Å². The molecule has 1 rings (SSSR count). The van der Waals surface area contributed by atoms with Gasteiger partial charge in [-0.05, 0) is 37.5 Å². The quantitative estimate of drug-likeness (QED) is 0.103. The molecule has 0 aliphatic heterocycles. The van der Waals surface area contributed by atoms with Crippen LogP contribution in [-0.4, -0.2) is 36.8 Å². The molecule has 0 bridgehead atoms. The highest BCUT2D eigenvalue weighted by Gasteiger charge is 2.24. The molecule has 0 radical (unpaired) electrons. The monoisotopic (exact) mass is 504 g/mol. The van der Waals surface area contributed by atoms with Gasteiger partial charge in [0.25, 0.3) is 0 Å². The Balaban J connectivity index is 3.34. The first kappa shape index (κ1) is 30.3. The zero-order valence-electron chi connectivity index (χ0n) is 21.2. The zero-order chi connectivity index (χ0) is 26.9. The number of rotatable bonds is 18. The van der Waals surface area contributed by atoms with Crippen LogP contribution in [0.15, 0.2) is 56.7 Å². The number of carbonyl (C=O) groups excluding carboxylic acids is 3. The fraction of sp³-hybridized carbons (Fsp3) is 0.444. The zero-order valence-corrected chi connectivity index (χ0v) is 21.2. The Labute approximate surface area is 212 Å². The molecule has 1 aromatic carbocycles. The largest absolute Gasteiger partial charge is 0.463 e. The molecule has 3 atom stereocenters. The SMILES string of the molecule is C=COC(CCC)OC(=O)c1cc(C(=O)OC(CCC)OC=C)cc(C(=O)OC(CCC)OC=C)c1. The summed E-state index contributed by atoms with van der Waals surface area (Å²) in [4.78, 5) is 38.7. The number of carbonyl (C=O) groups is 3. The van der Waals surface area contributed by atoms with E-state index in [4.69, 9.17) is 28.4 Å². The molecule has 9 nitrogen and oxygen atoms in total. The van der Waals surface area contributed by atoms with Crippen LogP contribution in [0, 0.1) is 0 Å². The highest BCUT2D eigenvalue weighted by atomic mass is 16.7. The molecular weight excluding hydrogens is 468 g/mol. The Hall–Kier alpha value is -3.75. The normalized spacial score (nSPS) is 12.8. The number of ether oxygens (including phenoxy) is 6. The molecule has 0 saturated carbocycles. The maximum atomic E-state index is 12.9. The summed E-state index contributed by atoms with van der Waals surface area (Å²) in [5.74, 6) is -2.42. The Bertz CT molecular complexity index is 767. The first-order chi connectivity index (χ1) is 17.3. The van der Waals surface area contributed by atoms with Gasteiger partial charge in [-0.25, -0.2) is 14.4 Å². The standard InChI is InChI=1S/C27H36O9/c1-7-13-22(31-10-4)34-25(28)19-16-20(26(29)35-23(14-8-2)32-11-5)18-21(17-19)27(30)36-24(15-9-3)33-12-6/h10-12,16-18,22-24H,4-9,13-15H2,1-3H3. The van der Waals surface area contributed by atoms with Crippen LogP contribution in [0.1, 0.15) is 90.4 Å². The molecule has 198 valence electrons. The first-order valence-electron chi connectivity index (χ1n) is 11.9. The van der Waals surface area contributed by atoms with Crippen LogP contribution in [0.2, 0.25) is 0 Å². The van der Waals surface area contributed by atoms with Crippen LogP contribution in [0.4, 0.5) is 0 Å². The second-order valence-corrected chi connectivity index (χ2v) is 7.58. The topological polar surface area (TPSA) is 107 Å². The van der Waals surface area contributed by atoms with Gasteiger partial charge in [-0.3, -0.25) is 0 Å². The van der Waals surface area contributed by atoms with E-state index in [1.54, 1.807) is 0 Å². The second kappa shape index (κ2) is 16.8. The molecular formula is C27H36O9. The van der Waals surface area contributed by atoms with Gasteiger partial charge in [0.2, 0.25) is 18.9 Å². The predicted octanol–water partition coefficient (Wildman–Crippen LogP) is 6.02. The molecule has 0 aliphatic rings. The lowest BCUT2D eigenvalue weighted by atomic mass is 10.1. The Morgan fingerprint density at radius 2 is 0.861 bits per heavy atom. The third kappa shape index (κ3) is 10.2. The fourth-order valence-corrected chi connectivity index (χ4v) is 3.04. The van der Waals surface area contributed by atoms with Crippen molar-refractivity contribution < 1.29 is 42.8 Å².